The van der Waals surface area contributed by atoms with E-state index < -0.39 is 64.5 Å². The number of amides is 2. The number of fused-ring (bicyclic) bond motifs is 1. The maximum absolute atomic E-state index is 14.6. The van der Waals surface area contributed by atoms with Crippen LogP contribution in [0, 0.1) is 21.9 Å². The Hall–Kier alpha value is -2.08. The van der Waals surface area contributed by atoms with Gasteiger partial charge in [0.15, 0.2) is 9.84 Å². The van der Waals surface area contributed by atoms with Gasteiger partial charge in [-0.3, -0.25) is 14.6 Å². The summed E-state index contributed by atoms with van der Waals surface area (Å²) >= 11 is 3.76. The SMILES string of the molecule is C#I1[C@@H]2C[C@H](C(=O)N[C@@H](c3cc(F)c(Cl)cc3F)C3CC3)N(C(=O)c3cncc(S(C)(=O)=O)c3)[C@@H]21. The quantitative estimate of drug-likeness (QED) is 0.226. The third kappa shape index (κ3) is 4.59. The van der Waals surface area contributed by atoms with Crippen LogP contribution in [0.25, 0.3) is 0 Å². The molecule has 1 N–H and O–H groups in total. The Morgan fingerprint density at radius 1 is 1.23 bits per heavy atom. The average molecular weight is 636 g/mol. The molecule has 3 heterocycles. The van der Waals surface area contributed by atoms with E-state index in [1.807, 2.05) is 0 Å². The Balaban J connectivity index is 1.42. The van der Waals surface area contributed by atoms with Crippen molar-refractivity contribution in [1.29, 1.82) is 0 Å². The molecule has 186 valence electrons. The van der Waals surface area contributed by atoms with E-state index in [1.165, 1.54) is 17.2 Å². The normalized spacial score (nSPS) is 24.7. The first-order chi connectivity index (χ1) is 16.5. The molecule has 1 aromatic heterocycles. The summed E-state index contributed by atoms with van der Waals surface area (Å²) in [7, 11) is -3.59. The van der Waals surface area contributed by atoms with Crippen LogP contribution in [0.2, 0.25) is 5.02 Å². The van der Waals surface area contributed by atoms with Gasteiger partial charge in [-0.1, -0.05) is 11.6 Å². The number of carbonyl (C=O) groups excluding carboxylic acids is 2. The molecule has 1 aliphatic carbocycles. The highest BCUT2D eigenvalue weighted by Crippen LogP contribution is 2.64. The van der Waals surface area contributed by atoms with Crippen LogP contribution in [0.1, 0.15) is 41.2 Å². The molecule has 1 aromatic carbocycles. The number of pyridine rings is 1. The van der Waals surface area contributed by atoms with E-state index in [0.29, 0.717) is 6.42 Å². The van der Waals surface area contributed by atoms with Gasteiger partial charge >= 0.3 is 0 Å². The maximum atomic E-state index is 14.6. The molecule has 0 spiro atoms. The minimum absolute atomic E-state index is 0.0149. The van der Waals surface area contributed by atoms with Gasteiger partial charge in [0.05, 0.1) is 25.6 Å². The first kappa shape index (κ1) is 24.6. The monoisotopic (exact) mass is 635 g/mol. The Kier molecular flexibility index (Phi) is 6.18. The summed E-state index contributed by atoms with van der Waals surface area (Å²) in [5.41, 5.74) is 0.0632. The van der Waals surface area contributed by atoms with Crippen LogP contribution in [-0.2, 0) is 14.6 Å². The number of aromatic nitrogens is 1. The molecule has 7 nitrogen and oxygen atoms in total. The lowest BCUT2D eigenvalue weighted by atomic mass is 10.0. The van der Waals surface area contributed by atoms with Crippen LogP contribution >= 0.6 is 30.7 Å². The van der Waals surface area contributed by atoms with E-state index >= 15 is 0 Å². The summed E-state index contributed by atoms with van der Waals surface area (Å²) in [6.45, 7) is 0. The number of halogens is 4. The molecule has 12 heteroatoms. The van der Waals surface area contributed by atoms with Crippen LogP contribution in [0.5, 0.6) is 0 Å². The highest BCUT2D eigenvalue weighted by Gasteiger charge is 2.59. The summed E-state index contributed by atoms with van der Waals surface area (Å²) in [6.07, 6.45) is 5.31. The molecule has 5 rings (SSSR count). The van der Waals surface area contributed by atoms with Crippen molar-refractivity contribution < 1.29 is 26.8 Å². The van der Waals surface area contributed by atoms with Gasteiger partial charge in [0.25, 0.3) is 5.91 Å². The number of hydrogen-bond donors (Lipinski definition) is 1. The molecule has 2 aromatic rings. The minimum Gasteiger partial charge on any atom is -0.347 e. The van der Waals surface area contributed by atoms with Crippen LogP contribution in [-0.4, -0.2) is 50.4 Å². The first-order valence-electron chi connectivity index (χ1n) is 10.8. The van der Waals surface area contributed by atoms with Gasteiger partial charge < -0.3 is 10.2 Å². The fourth-order valence-electron chi connectivity index (χ4n) is 4.52. The zero-order valence-corrected chi connectivity index (χ0v) is 22.1. The van der Waals surface area contributed by atoms with Gasteiger partial charge in [-0.25, -0.2) is 17.2 Å². The molecule has 2 saturated heterocycles. The van der Waals surface area contributed by atoms with Crippen molar-refractivity contribution in [3.8, 4) is 4.31 Å². The lowest BCUT2D eigenvalue weighted by molar-refractivity contribution is -0.125. The van der Waals surface area contributed by atoms with E-state index in [4.69, 9.17) is 15.9 Å². The number of likely N-dealkylation sites (tertiary alicyclic amines) is 1. The molecule has 35 heavy (non-hydrogen) atoms. The van der Waals surface area contributed by atoms with Gasteiger partial charge in [-0.2, -0.15) is 0 Å². The summed E-state index contributed by atoms with van der Waals surface area (Å²) in [5.74, 6) is -2.54. The van der Waals surface area contributed by atoms with Crippen molar-refractivity contribution in [2.75, 3.05) is 6.26 Å². The third-order valence-electron chi connectivity index (χ3n) is 6.55. The molecule has 0 radical (unpaired) electrons. The van der Waals surface area contributed by atoms with Crippen molar-refractivity contribution in [3.63, 3.8) is 0 Å². The number of alkyl halides is 2. The molecule has 1 saturated carbocycles. The number of sulfone groups is 1. The lowest BCUT2D eigenvalue weighted by Crippen LogP contribution is -2.48. The molecule has 3 aliphatic rings. The molecule has 2 aliphatic heterocycles. The molecular weight excluding hydrogens is 615 g/mol. The highest BCUT2D eigenvalue weighted by atomic mass is 127. The zero-order valence-electron chi connectivity index (χ0n) is 18.4. The predicted molar refractivity (Wildman–Crippen MR) is 133 cm³/mol. The van der Waals surface area contributed by atoms with Crippen molar-refractivity contribution in [1.82, 2.24) is 15.2 Å². The van der Waals surface area contributed by atoms with Crippen molar-refractivity contribution in [2.45, 2.75) is 44.2 Å². The van der Waals surface area contributed by atoms with Crippen molar-refractivity contribution >= 4 is 52.4 Å². The average Bonchev–Trinajstić information content (AvgIpc) is 3.70. The number of carbonyl (C=O) groups is 2. The third-order valence-corrected chi connectivity index (χ3v) is 13.1. The fourth-order valence-corrected chi connectivity index (χ4v) is 10.7. The summed E-state index contributed by atoms with van der Waals surface area (Å²) in [5, 5.41) is 2.49. The van der Waals surface area contributed by atoms with Gasteiger partial charge in [-0.15, -0.1) is 23.5 Å². The lowest BCUT2D eigenvalue weighted by Gasteiger charge is -2.29. The topological polar surface area (TPSA) is 96.4 Å². The second-order valence-corrected chi connectivity index (χ2v) is 16.5. The van der Waals surface area contributed by atoms with E-state index in [9.17, 15) is 26.8 Å². The Morgan fingerprint density at radius 3 is 2.60 bits per heavy atom. The Bertz CT molecular complexity index is 1440. The summed E-state index contributed by atoms with van der Waals surface area (Å²) in [6, 6.07) is 1.52. The molecule has 3 fully saturated rings. The van der Waals surface area contributed by atoms with Crippen LogP contribution in [0.4, 0.5) is 8.78 Å². The first-order valence-corrected chi connectivity index (χ1v) is 16.8. The molecule has 2 amide bonds. The number of rotatable bonds is 6. The molecular formula is C23H21ClF2IN3O4S. The number of nitrogens with zero attached hydrogens (tertiary/aromatic N) is 2. The van der Waals surface area contributed by atoms with Gasteiger partial charge in [0.2, 0.25) is 5.91 Å². The van der Waals surface area contributed by atoms with Gasteiger partial charge in [0.1, 0.15) is 17.7 Å². The summed E-state index contributed by atoms with van der Waals surface area (Å²) < 4.78 is 58.7. The Labute approximate surface area is 212 Å². The predicted octanol–water partition coefficient (Wildman–Crippen LogP) is 3.70. The largest absolute Gasteiger partial charge is 0.347 e. The highest BCUT2D eigenvalue weighted by molar-refractivity contribution is 14.2. The second-order valence-electron chi connectivity index (χ2n) is 9.02. The van der Waals surface area contributed by atoms with Gasteiger partial charge in [0, 0.05) is 28.1 Å². The molecule has 0 unspecified atom stereocenters. The van der Waals surface area contributed by atoms with Crippen LogP contribution in [0.3, 0.4) is 0 Å². The standard InChI is InChI=1S/C23H21ClF2IN3O4S/c1-27-18-8-19(30(21(18)27)23(32)12-5-13(10-28-9-12)35(2,33)34)22(31)29-20(11-3-4-11)14-6-17(26)15(24)7-16(14)25/h1,5-7,9-11,18-21H,3-4,8H2,2H3,(H,29,31)/t18-,19-,20-,21+/m1/s1. The maximum Gasteiger partial charge on any atom is 0.257 e. The number of benzene rings is 1. The van der Waals surface area contributed by atoms with Crippen LogP contribution in [0.15, 0.2) is 35.5 Å². The summed E-state index contributed by atoms with van der Waals surface area (Å²) in [4.78, 5) is 32.0. The van der Waals surface area contributed by atoms with Gasteiger partial charge in [-0.05, 0) is 43.4 Å². The molecule has 4 atom stereocenters. The number of nitrogens with one attached hydrogen (secondary N) is 1. The second kappa shape index (κ2) is 8.79. The fraction of sp³-hybridized carbons (Fsp3) is 0.391. The van der Waals surface area contributed by atoms with Crippen molar-refractivity contribution in [2.24, 2.45) is 5.92 Å². The van der Waals surface area contributed by atoms with Crippen molar-refractivity contribution in [3.05, 3.63) is 58.4 Å². The van der Waals surface area contributed by atoms with E-state index in [2.05, 4.69) is 10.3 Å². The smallest absolute Gasteiger partial charge is 0.257 e. The van der Waals surface area contributed by atoms with E-state index in [1.54, 1.807) is 0 Å². The molecule has 0 bridgehead atoms. The van der Waals surface area contributed by atoms with E-state index in [-0.39, 0.29) is 34.9 Å². The van der Waals surface area contributed by atoms with E-state index in [0.717, 1.165) is 37.4 Å². The Morgan fingerprint density at radius 2 is 1.94 bits per heavy atom. The zero-order chi connectivity index (χ0) is 25.2. The minimum atomic E-state index is -3.59. The number of hydrogen-bond acceptors (Lipinski definition) is 5. The van der Waals surface area contributed by atoms with Crippen LogP contribution < -0.4 is 5.32 Å².